The van der Waals surface area contributed by atoms with E-state index in [2.05, 4.69) is 18.1 Å². The number of aliphatic hydroxyl groups is 1. The molecule has 1 N–H and O–H groups in total. The molecule has 80 valence electrons. The van der Waals surface area contributed by atoms with Crippen molar-refractivity contribution in [3.8, 4) is 0 Å². The molecule has 0 fully saturated rings. The van der Waals surface area contributed by atoms with E-state index in [0.29, 0.717) is 13.1 Å². The Hall–Kier alpha value is -1.61. The molecular weight excluding hydrogens is 188 g/mol. The third kappa shape index (κ3) is 2.92. The number of hydrogen-bond acceptors (Lipinski definition) is 3. The van der Waals surface area contributed by atoms with Crippen molar-refractivity contribution in [1.82, 2.24) is 4.98 Å². The van der Waals surface area contributed by atoms with Crippen molar-refractivity contribution in [3.63, 3.8) is 0 Å². The minimum atomic E-state index is -0.00599. The normalized spacial score (nSPS) is 9.67. The summed E-state index contributed by atoms with van der Waals surface area (Å²) in [5.74, 6) is 0.791. The fourth-order valence-electron chi connectivity index (χ4n) is 1.40. The first-order valence-corrected chi connectivity index (χ1v) is 4.85. The first-order chi connectivity index (χ1) is 7.33. The zero-order valence-electron chi connectivity index (χ0n) is 8.76. The van der Waals surface area contributed by atoms with E-state index in [1.807, 2.05) is 17.0 Å². The Morgan fingerprint density at radius 3 is 2.53 bits per heavy atom. The number of aromatic nitrogens is 1. The van der Waals surface area contributed by atoms with Crippen LogP contribution in [0.2, 0.25) is 0 Å². The Morgan fingerprint density at radius 2 is 2.00 bits per heavy atom. The van der Waals surface area contributed by atoms with Crippen LogP contribution >= 0.6 is 0 Å². The highest BCUT2D eigenvalue weighted by molar-refractivity contribution is 5.47. The van der Waals surface area contributed by atoms with Crippen molar-refractivity contribution < 1.29 is 5.11 Å². The molecule has 1 aromatic rings. The molecule has 0 aromatic carbocycles. The second kappa shape index (κ2) is 5.98. The number of aliphatic hydroxyl groups excluding tert-OH is 1. The van der Waals surface area contributed by atoms with Gasteiger partial charge in [-0.05, 0) is 6.07 Å². The topological polar surface area (TPSA) is 36.4 Å². The maximum atomic E-state index is 9.19. The summed E-state index contributed by atoms with van der Waals surface area (Å²) in [6, 6.07) is 3.68. The van der Waals surface area contributed by atoms with Crippen molar-refractivity contribution in [2.45, 2.75) is 6.61 Å². The summed E-state index contributed by atoms with van der Waals surface area (Å²) < 4.78 is 0. The van der Waals surface area contributed by atoms with E-state index in [9.17, 15) is 5.11 Å². The second-order valence-electron chi connectivity index (χ2n) is 3.13. The van der Waals surface area contributed by atoms with Crippen LogP contribution in [0.5, 0.6) is 0 Å². The zero-order valence-corrected chi connectivity index (χ0v) is 8.76. The molecule has 0 unspecified atom stereocenters. The Kier molecular flexibility index (Phi) is 4.57. The van der Waals surface area contributed by atoms with Gasteiger partial charge in [0.15, 0.2) is 0 Å². The van der Waals surface area contributed by atoms with Crippen molar-refractivity contribution in [2.24, 2.45) is 0 Å². The zero-order chi connectivity index (χ0) is 11.1. The maximum Gasteiger partial charge on any atom is 0.134 e. The van der Waals surface area contributed by atoms with Gasteiger partial charge in [0.25, 0.3) is 0 Å². The lowest BCUT2D eigenvalue weighted by atomic mass is 10.2. The highest BCUT2D eigenvalue weighted by Crippen LogP contribution is 2.16. The van der Waals surface area contributed by atoms with Gasteiger partial charge in [0.05, 0.1) is 6.61 Å². The van der Waals surface area contributed by atoms with Crippen LogP contribution in [0.3, 0.4) is 0 Å². The van der Waals surface area contributed by atoms with E-state index in [1.54, 1.807) is 18.3 Å². The van der Waals surface area contributed by atoms with Gasteiger partial charge >= 0.3 is 0 Å². The maximum absolute atomic E-state index is 9.19. The van der Waals surface area contributed by atoms with Gasteiger partial charge < -0.3 is 10.0 Å². The summed E-state index contributed by atoms with van der Waals surface area (Å²) in [5, 5.41) is 9.19. The summed E-state index contributed by atoms with van der Waals surface area (Å²) in [7, 11) is 0. The molecule has 0 radical (unpaired) electrons. The number of anilines is 1. The molecule has 1 rings (SSSR count). The molecule has 0 saturated carbocycles. The van der Waals surface area contributed by atoms with E-state index in [1.165, 1.54) is 0 Å². The summed E-state index contributed by atoms with van der Waals surface area (Å²) in [6.45, 7) is 8.77. The molecule has 1 aromatic heterocycles. The number of nitrogens with zero attached hydrogens (tertiary/aromatic N) is 2. The van der Waals surface area contributed by atoms with Crippen LogP contribution in [0.25, 0.3) is 0 Å². The highest BCUT2D eigenvalue weighted by Gasteiger charge is 2.08. The Morgan fingerprint density at radius 1 is 1.33 bits per heavy atom. The van der Waals surface area contributed by atoms with Crippen LogP contribution < -0.4 is 4.90 Å². The van der Waals surface area contributed by atoms with E-state index < -0.39 is 0 Å². The lowest BCUT2D eigenvalue weighted by Crippen LogP contribution is -2.25. The van der Waals surface area contributed by atoms with Crippen molar-refractivity contribution in [1.29, 1.82) is 0 Å². The van der Waals surface area contributed by atoms with Crippen molar-refractivity contribution in [2.75, 3.05) is 18.0 Å². The average molecular weight is 204 g/mol. The van der Waals surface area contributed by atoms with Gasteiger partial charge in [-0.1, -0.05) is 18.2 Å². The third-order valence-electron chi connectivity index (χ3n) is 2.04. The summed E-state index contributed by atoms with van der Waals surface area (Å²) >= 11 is 0. The van der Waals surface area contributed by atoms with E-state index >= 15 is 0 Å². The number of hydrogen-bond donors (Lipinski definition) is 1. The minimum absolute atomic E-state index is 0.00599. The standard InChI is InChI=1S/C12H16N2O/c1-3-8-14(9-4-2)12-11(10-15)6-5-7-13-12/h3-7,15H,1-2,8-10H2. The molecule has 0 aliphatic carbocycles. The van der Waals surface area contributed by atoms with Crippen LogP contribution in [0.15, 0.2) is 43.6 Å². The largest absolute Gasteiger partial charge is 0.392 e. The molecule has 15 heavy (non-hydrogen) atoms. The number of pyridine rings is 1. The van der Waals surface area contributed by atoms with E-state index in [-0.39, 0.29) is 6.61 Å². The second-order valence-corrected chi connectivity index (χ2v) is 3.13. The molecule has 0 bridgehead atoms. The molecule has 3 nitrogen and oxygen atoms in total. The van der Waals surface area contributed by atoms with Crippen LogP contribution in [-0.2, 0) is 6.61 Å². The van der Waals surface area contributed by atoms with E-state index in [0.717, 1.165) is 11.4 Å². The summed E-state index contributed by atoms with van der Waals surface area (Å²) in [6.07, 6.45) is 5.33. The molecule has 0 aliphatic heterocycles. The van der Waals surface area contributed by atoms with Crippen LogP contribution in [0, 0.1) is 0 Å². The molecule has 0 saturated heterocycles. The van der Waals surface area contributed by atoms with Crippen molar-refractivity contribution >= 4 is 5.82 Å². The molecule has 1 heterocycles. The fourth-order valence-corrected chi connectivity index (χ4v) is 1.40. The van der Waals surface area contributed by atoms with E-state index in [4.69, 9.17) is 0 Å². The van der Waals surface area contributed by atoms with Gasteiger partial charge in [0.2, 0.25) is 0 Å². The molecule has 0 spiro atoms. The van der Waals surface area contributed by atoms with Gasteiger partial charge in [-0.2, -0.15) is 0 Å². The lowest BCUT2D eigenvalue weighted by molar-refractivity contribution is 0.281. The predicted molar refractivity (Wildman–Crippen MR) is 62.8 cm³/mol. The average Bonchev–Trinajstić information content (AvgIpc) is 2.29. The third-order valence-corrected chi connectivity index (χ3v) is 2.04. The Balaban J connectivity index is 2.97. The number of rotatable bonds is 6. The highest BCUT2D eigenvalue weighted by atomic mass is 16.3. The van der Waals surface area contributed by atoms with Crippen LogP contribution in [-0.4, -0.2) is 23.2 Å². The first kappa shape index (κ1) is 11.5. The first-order valence-electron chi connectivity index (χ1n) is 4.85. The molecule has 0 amide bonds. The molecule has 3 heteroatoms. The van der Waals surface area contributed by atoms with Gasteiger partial charge in [0, 0.05) is 24.8 Å². The van der Waals surface area contributed by atoms with Crippen LogP contribution in [0.4, 0.5) is 5.82 Å². The molecule has 0 aliphatic rings. The van der Waals surface area contributed by atoms with Crippen molar-refractivity contribution in [3.05, 3.63) is 49.2 Å². The summed E-state index contributed by atoms with van der Waals surface area (Å²) in [4.78, 5) is 6.26. The minimum Gasteiger partial charge on any atom is -0.392 e. The van der Waals surface area contributed by atoms with Gasteiger partial charge in [-0.3, -0.25) is 0 Å². The lowest BCUT2D eigenvalue weighted by Gasteiger charge is -2.22. The Labute approximate surface area is 90.4 Å². The quantitative estimate of drug-likeness (QED) is 0.717. The Bertz CT molecular complexity index is 326. The molecular formula is C12H16N2O. The smallest absolute Gasteiger partial charge is 0.134 e. The van der Waals surface area contributed by atoms with Gasteiger partial charge in [-0.15, -0.1) is 13.2 Å². The predicted octanol–water partition coefficient (Wildman–Crippen LogP) is 1.75. The fraction of sp³-hybridized carbons (Fsp3) is 0.250. The monoisotopic (exact) mass is 204 g/mol. The molecule has 0 atom stereocenters. The summed E-state index contributed by atoms with van der Waals surface area (Å²) in [5.41, 5.74) is 0.821. The SMILES string of the molecule is C=CCN(CC=C)c1ncccc1CO. The van der Waals surface area contributed by atoms with Gasteiger partial charge in [-0.25, -0.2) is 4.98 Å². The van der Waals surface area contributed by atoms with Gasteiger partial charge in [0.1, 0.15) is 5.82 Å². The van der Waals surface area contributed by atoms with Crippen LogP contribution in [0.1, 0.15) is 5.56 Å².